The summed E-state index contributed by atoms with van der Waals surface area (Å²) in [5.74, 6) is -0.0303. The van der Waals surface area contributed by atoms with E-state index in [-0.39, 0.29) is 18.9 Å². The first-order chi connectivity index (χ1) is 11.6. The normalized spacial score (nSPS) is 10.0. The van der Waals surface area contributed by atoms with Gasteiger partial charge in [0, 0.05) is 16.6 Å². The topological polar surface area (TPSA) is 64.6 Å². The van der Waals surface area contributed by atoms with E-state index in [4.69, 9.17) is 9.47 Å². The summed E-state index contributed by atoms with van der Waals surface area (Å²) in [6.45, 7) is 0.119. The summed E-state index contributed by atoms with van der Waals surface area (Å²) in [6.07, 6.45) is 0.734. The number of nitrogens with one attached hydrogen (secondary N) is 1. The van der Waals surface area contributed by atoms with Crippen LogP contribution in [0.4, 0.5) is 5.69 Å². The van der Waals surface area contributed by atoms with Gasteiger partial charge in [-0.2, -0.15) is 0 Å². The van der Waals surface area contributed by atoms with Gasteiger partial charge in [0.05, 0.1) is 6.61 Å². The van der Waals surface area contributed by atoms with Gasteiger partial charge in [-0.05, 0) is 36.8 Å². The lowest BCUT2D eigenvalue weighted by atomic mass is 10.3. The maximum atomic E-state index is 11.7. The largest absolute Gasteiger partial charge is 0.494 e. The Kier molecular flexibility index (Phi) is 7.29. The third kappa shape index (κ3) is 6.83. The first kappa shape index (κ1) is 18.0. The molecule has 0 atom stereocenters. The molecule has 0 radical (unpaired) electrons. The summed E-state index contributed by atoms with van der Waals surface area (Å²) in [5.41, 5.74) is 0.640. The van der Waals surface area contributed by atoms with Crippen molar-refractivity contribution in [3.05, 3.63) is 59.1 Å². The SMILES string of the molecule is O=C(COC(=O)CCCOc1ccccc1)Nc1cccc(Br)c1. The molecule has 0 saturated heterocycles. The lowest BCUT2D eigenvalue weighted by Crippen LogP contribution is -2.21. The van der Waals surface area contributed by atoms with E-state index in [1.54, 1.807) is 18.2 Å². The van der Waals surface area contributed by atoms with Gasteiger partial charge in [0.15, 0.2) is 6.61 Å². The number of rotatable bonds is 8. The third-order valence-electron chi connectivity index (χ3n) is 3.01. The van der Waals surface area contributed by atoms with Gasteiger partial charge in [0.2, 0.25) is 0 Å². The Bertz CT molecular complexity index is 676. The molecule has 24 heavy (non-hydrogen) atoms. The van der Waals surface area contributed by atoms with Crippen LogP contribution >= 0.6 is 15.9 Å². The van der Waals surface area contributed by atoms with Gasteiger partial charge >= 0.3 is 5.97 Å². The molecule has 1 amide bonds. The summed E-state index contributed by atoms with van der Waals surface area (Å²) >= 11 is 3.32. The lowest BCUT2D eigenvalue weighted by Gasteiger charge is -2.08. The van der Waals surface area contributed by atoms with Crippen molar-refractivity contribution in [1.29, 1.82) is 0 Å². The Morgan fingerprint density at radius 1 is 1.04 bits per heavy atom. The van der Waals surface area contributed by atoms with Crippen LogP contribution in [0.2, 0.25) is 0 Å². The lowest BCUT2D eigenvalue weighted by molar-refractivity contribution is -0.147. The number of hydrogen-bond donors (Lipinski definition) is 1. The monoisotopic (exact) mass is 391 g/mol. The van der Waals surface area contributed by atoms with Gasteiger partial charge in [-0.3, -0.25) is 9.59 Å². The van der Waals surface area contributed by atoms with Gasteiger partial charge in [0.25, 0.3) is 5.91 Å². The highest BCUT2D eigenvalue weighted by Crippen LogP contribution is 2.15. The summed E-state index contributed by atoms with van der Waals surface area (Å²) in [7, 11) is 0. The van der Waals surface area contributed by atoms with Crippen LogP contribution < -0.4 is 10.1 Å². The highest BCUT2D eigenvalue weighted by atomic mass is 79.9. The van der Waals surface area contributed by atoms with Crippen LogP contribution in [0.3, 0.4) is 0 Å². The molecule has 2 rings (SSSR count). The van der Waals surface area contributed by atoms with Gasteiger partial charge in [-0.25, -0.2) is 0 Å². The van der Waals surface area contributed by atoms with Crippen molar-refractivity contribution < 1.29 is 19.1 Å². The van der Waals surface area contributed by atoms with Crippen molar-refractivity contribution in [2.24, 2.45) is 0 Å². The van der Waals surface area contributed by atoms with E-state index in [9.17, 15) is 9.59 Å². The Hall–Kier alpha value is -2.34. The van der Waals surface area contributed by atoms with Crippen LogP contribution in [0.15, 0.2) is 59.1 Å². The zero-order chi connectivity index (χ0) is 17.2. The number of hydrogen-bond acceptors (Lipinski definition) is 4. The predicted molar refractivity (Wildman–Crippen MR) is 94.9 cm³/mol. The minimum absolute atomic E-state index is 0.205. The second-order valence-electron chi connectivity index (χ2n) is 4.98. The molecule has 0 unspecified atom stereocenters. The number of carbonyl (C=O) groups excluding carboxylic acids is 2. The molecule has 0 aromatic heterocycles. The first-order valence-electron chi connectivity index (χ1n) is 7.52. The molecule has 2 aromatic rings. The molecular formula is C18H18BrNO4. The van der Waals surface area contributed by atoms with Gasteiger partial charge in [-0.1, -0.05) is 40.2 Å². The minimum atomic E-state index is -0.420. The Balaban J connectivity index is 1.59. The number of para-hydroxylation sites is 1. The van der Waals surface area contributed by atoms with E-state index in [0.717, 1.165) is 10.2 Å². The summed E-state index contributed by atoms with van der Waals surface area (Å²) in [4.78, 5) is 23.3. The van der Waals surface area contributed by atoms with Crippen molar-refractivity contribution in [2.45, 2.75) is 12.8 Å². The molecule has 5 nitrogen and oxygen atoms in total. The summed E-state index contributed by atoms with van der Waals surface area (Å²) in [5, 5.41) is 2.66. The van der Waals surface area contributed by atoms with Crippen molar-refractivity contribution in [1.82, 2.24) is 0 Å². The van der Waals surface area contributed by atoms with Crippen molar-refractivity contribution in [2.75, 3.05) is 18.5 Å². The number of benzene rings is 2. The molecule has 0 bridgehead atoms. The van der Waals surface area contributed by atoms with Gasteiger partial charge in [0.1, 0.15) is 5.75 Å². The fourth-order valence-electron chi connectivity index (χ4n) is 1.90. The highest BCUT2D eigenvalue weighted by Gasteiger charge is 2.08. The Morgan fingerprint density at radius 3 is 2.58 bits per heavy atom. The summed E-state index contributed by atoms with van der Waals surface area (Å²) in [6, 6.07) is 16.6. The number of anilines is 1. The fraction of sp³-hybridized carbons (Fsp3) is 0.222. The summed E-state index contributed by atoms with van der Waals surface area (Å²) < 4.78 is 11.3. The van der Waals surface area contributed by atoms with E-state index >= 15 is 0 Å². The molecule has 0 heterocycles. The predicted octanol–water partition coefficient (Wildman–Crippen LogP) is 3.79. The standard InChI is InChI=1S/C18H18BrNO4/c19-14-6-4-7-15(12-14)20-17(21)13-24-18(22)10-5-11-23-16-8-2-1-3-9-16/h1-4,6-9,12H,5,10-11,13H2,(H,20,21). The van der Waals surface area contributed by atoms with Crippen LogP contribution in [0.25, 0.3) is 0 Å². The zero-order valence-corrected chi connectivity index (χ0v) is 14.6. The maximum absolute atomic E-state index is 11.7. The molecule has 0 spiro atoms. The van der Waals surface area contributed by atoms with E-state index < -0.39 is 5.97 Å². The second kappa shape index (κ2) is 9.72. The molecule has 2 aromatic carbocycles. The van der Waals surface area contributed by atoms with Crippen molar-refractivity contribution >= 4 is 33.5 Å². The fourth-order valence-corrected chi connectivity index (χ4v) is 2.30. The van der Waals surface area contributed by atoms with Crippen LogP contribution in [0.1, 0.15) is 12.8 Å². The number of ether oxygens (including phenoxy) is 2. The van der Waals surface area contributed by atoms with Crippen LogP contribution in [0, 0.1) is 0 Å². The molecular weight excluding hydrogens is 374 g/mol. The average molecular weight is 392 g/mol. The van der Waals surface area contributed by atoms with E-state index in [1.807, 2.05) is 36.4 Å². The van der Waals surface area contributed by atoms with Crippen LogP contribution in [0.5, 0.6) is 5.75 Å². The molecule has 0 saturated carbocycles. The quantitative estimate of drug-likeness (QED) is 0.549. The minimum Gasteiger partial charge on any atom is -0.494 e. The number of carbonyl (C=O) groups is 2. The van der Waals surface area contributed by atoms with Crippen molar-refractivity contribution in [3.63, 3.8) is 0 Å². The Morgan fingerprint density at radius 2 is 1.83 bits per heavy atom. The van der Waals surface area contributed by atoms with E-state index in [2.05, 4.69) is 21.2 Å². The van der Waals surface area contributed by atoms with E-state index in [0.29, 0.717) is 18.7 Å². The number of esters is 1. The number of halogens is 1. The third-order valence-corrected chi connectivity index (χ3v) is 3.50. The Labute approximate surface area is 149 Å². The van der Waals surface area contributed by atoms with Gasteiger partial charge < -0.3 is 14.8 Å². The molecule has 0 aliphatic carbocycles. The van der Waals surface area contributed by atoms with Crippen LogP contribution in [-0.2, 0) is 14.3 Å². The molecule has 1 N–H and O–H groups in total. The zero-order valence-electron chi connectivity index (χ0n) is 13.0. The van der Waals surface area contributed by atoms with Crippen LogP contribution in [-0.4, -0.2) is 25.1 Å². The van der Waals surface area contributed by atoms with E-state index in [1.165, 1.54) is 0 Å². The molecule has 6 heteroatoms. The van der Waals surface area contributed by atoms with Crippen molar-refractivity contribution in [3.8, 4) is 5.75 Å². The number of amides is 1. The second-order valence-corrected chi connectivity index (χ2v) is 5.90. The highest BCUT2D eigenvalue weighted by molar-refractivity contribution is 9.10. The molecule has 0 aliphatic rings. The molecule has 126 valence electrons. The van der Waals surface area contributed by atoms with Gasteiger partial charge in [-0.15, -0.1) is 0 Å². The average Bonchev–Trinajstić information content (AvgIpc) is 2.58. The smallest absolute Gasteiger partial charge is 0.306 e. The maximum Gasteiger partial charge on any atom is 0.306 e. The molecule has 0 fully saturated rings. The molecule has 0 aliphatic heterocycles. The first-order valence-corrected chi connectivity index (χ1v) is 8.31.